The summed E-state index contributed by atoms with van der Waals surface area (Å²) in [6, 6.07) is 6.61. The highest BCUT2D eigenvalue weighted by Crippen LogP contribution is 2.39. The van der Waals surface area contributed by atoms with Crippen LogP contribution in [0.4, 0.5) is 0 Å². The van der Waals surface area contributed by atoms with Crippen LogP contribution in [0.5, 0.6) is 0 Å². The Bertz CT molecular complexity index is 770. The van der Waals surface area contributed by atoms with Gasteiger partial charge in [0.2, 0.25) is 11.8 Å². The van der Waals surface area contributed by atoms with Gasteiger partial charge in [0.05, 0.1) is 19.1 Å². The van der Waals surface area contributed by atoms with Crippen molar-refractivity contribution >= 4 is 34.5 Å². The first-order valence-electron chi connectivity index (χ1n) is 9.40. The molecule has 1 N–H and O–H groups in total. The van der Waals surface area contributed by atoms with Crippen LogP contribution in [0.2, 0.25) is 0 Å². The fourth-order valence-corrected chi connectivity index (χ4v) is 5.29. The summed E-state index contributed by atoms with van der Waals surface area (Å²) < 4.78 is 0. The number of carbonyl (C=O) groups excluding carboxylic acids is 2. The van der Waals surface area contributed by atoms with Crippen molar-refractivity contribution in [2.24, 2.45) is 0 Å². The molecule has 2 aromatic heterocycles. The minimum Gasteiger partial charge on any atom is -0.352 e. The molecule has 0 radical (unpaired) electrons. The van der Waals surface area contributed by atoms with Crippen LogP contribution in [0.25, 0.3) is 0 Å². The molecule has 1 aliphatic heterocycles. The molecular weight excluding hydrogens is 378 g/mol. The number of nitrogens with zero attached hydrogens (tertiary/aromatic N) is 2. The average molecular weight is 406 g/mol. The van der Waals surface area contributed by atoms with Gasteiger partial charge in [0.15, 0.2) is 0 Å². The van der Waals surface area contributed by atoms with Crippen molar-refractivity contribution in [2.75, 3.05) is 26.2 Å². The Morgan fingerprint density at radius 3 is 2.78 bits per heavy atom. The number of likely N-dealkylation sites (N-methyl/N-ethyl adjacent to an activating group) is 1. The summed E-state index contributed by atoms with van der Waals surface area (Å²) in [5, 5.41) is 7.10. The zero-order chi connectivity index (χ0) is 19.4. The van der Waals surface area contributed by atoms with Crippen LogP contribution in [0.15, 0.2) is 29.0 Å². The molecule has 0 bridgehead atoms. The minimum absolute atomic E-state index is 0.0108. The van der Waals surface area contributed by atoms with Gasteiger partial charge >= 0.3 is 0 Å². The molecule has 0 saturated heterocycles. The third-order valence-corrected chi connectivity index (χ3v) is 6.66. The van der Waals surface area contributed by atoms with E-state index in [4.69, 9.17) is 0 Å². The third-order valence-electron chi connectivity index (χ3n) is 4.74. The summed E-state index contributed by atoms with van der Waals surface area (Å²) >= 11 is 3.53. The van der Waals surface area contributed by atoms with Gasteiger partial charge in [0.25, 0.3) is 0 Å². The largest absolute Gasteiger partial charge is 0.352 e. The van der Waals surface area contributed by atoms with Crippen molar-refractivity contribution in [3.05, 3.63) is 44.3 Å². The van der Waals surface area contributed by atoms with E-state index in [-0.39, 0.29) is 30.4 Å². The van der Waals surface area contributed by atoms with Gasteiger partial charge in [-0.15, -0.1) is 22.7 Å². The molecule has 3 rings (SSSR count). The van der Waals surface area contributed by atoms with E-state index >= 15 is 0 Å². The molecule has 7 heteroatoms. The van der Waals surface area contributed by atoms with E-state index in [9.17, 15) is 9.59 Å². The summed E-state index contributed by atoms with van der Waals surface area (Å²) in [4.78, 5) is 31.6. The number of amides is 2. The molecule has 2 amide bonds. The monoisotopic (exact) mass is 405 g/mol. The van der Waals surface area contributed by atoms with E-state index in [1.54, 1.807) is 27.6 Å². The van der Waals surface area contributed by atoms with E-state index in [1.165, 1.54) is 15.3 Å². The molecule has 5 nitrogen and oxygen atoms in total. The number of hydrogen-bond donors (Lipinski definition) is 1. The van der Waals surface area contributed by atoms with Gasteiger partial charge in [0.1, 0.15) is 0 Å². The fraction of sp³-hybridized carbons (Fsp3) is 0.500. The standard InChI is InChI=1S/C20H27N3O2S2/c1-4-22(12-18(24)21-14(2)3)19(25)13-23-9-7-16-15(8-11-27-16)20(23)17-6-5-10-26-17/h5-6,8,10-11,14,20H,4,7,9,12-13H2,1-3H3,(H,21,24)/t20-/m0/s1. The smallest absolute Gasteiger partial charge is 0.239 e. The predicted molar refractivity (Wildman–Crippen MR) is 111 cm³/mol. The first-order chi connectivity index (χ1) is 13.0. The van der Waals surface area contributed by atoms with Crippen LogP contribution < -0.4 is 5.32 Å². The van der Waals surface area contributed by atoms with Crippen molar-refractivity contribution < 1.29 is 9.59 Å². The molecule has 0 spiro atoms. The van der Waals surface area contributed by atoms with Crippen molar-refractivity contribution in [1.82, 2.24) is 15.1 Å². The maximum atomic E-state index is 12.9. The Morgan fingerprint density at radius 2 is 2.11 bits per heavy atom. The number of carbonyl (C=O) groups is 2. The average Bonchev–Trinajstić information content (AvgIpc) is 3.30. The summed E-state index contributed by atoms with van der Waals surface area (Å²) in [5.74, 6) is -0.0922. The third kappa shape index (κ3) is 4.78. The van der Waals surface area contributed by atoms with Gasteiger partial charge in [-0.1, -0.05) is 6.07 Å². The zero-order valence-corrected chi connectivity index (χ0v) is 17.7. The van der Waals surface area contributed by atoms with Crippen molar-refractivity contribution in [3.63, 3.8) is 0 Å². The molecule has 0 aliphatic carbocycles. The summed E-state index contributed by atoms with van der Waals surface area (Å²) in [6.45, 7) is 7.62. The van der Waals surface area contributed by atoms with Crippen LogP contribution in [0.3, 0.4) is 0 Å². The predicted octanol–water partition coefficient (Wildman–Crippen LogP) is 3.13. The van der Waals surface area contributed by atoms with Crippen molar-refractivity contribution in [1.29, 1.82) is 0 Å². The number of thiophene rings is 2. The molecule has 27 heavy (non-hydrogen) atoms. The summed E-state index contributed by atoms with van der Waals surface area (Å²) in [6.07, 6.45) is 0.974. The lowest BCUT2D eigenvalue weighted by Crippen LogP contribution is -2.47. The lowest BCUT2D eigenvalue weighted by molar-refractivity contribution is -0.137. The Balaban J connectivity index is 1.73. The molecule has 1 atom stereocenters. The molecule has 0 fully saturated rings. The first kappa shape index (κ1) is 20.0. The summed E-state index contributed by atoms with van der Waals surface area (Å²) in [5.41, 5.74) is 1.32. The summed E-state index contributed by atoms with van der Waals surface area (Å²) in [7, 11) is 0. The van der Waals surface area contributed by atoms with Gasteiger partial charge in [-0.05, 0) is 55.6 Å². The Labute approximate surface area is 169 Å². The Morgan fingerprint density at radius 1 is 1.30 bits per heavy atom. The van der Waals surface area contributed by atoms with E-state index < -0.39 is 0 Å². The topological polar surface area (TPSA) is 52.7 Å². The van der Waals surface area contributed by atoms with Crippen LogP contribution in [0, 0.1) is 0 Å². The maximum absolute atomic E-state index is 12.9. The van der Waals surface area contributed by atoms with Gasteiger partial charge in [-0.2, -0.15) is 0 Å². The van der Waals surface area contributed by atoms with E-state index in [0.717, 1.165) is 13.0 Å². The number of rotatable bonds is 7. The van der Waals surface area contributed by atoms with Crippen molar-refractivity contribution in [2.45, 2.75) is 39.3 Å². The number of hydrogen-bond acceptors (Lipinski definition) is 5. The molecule has 146 valence electrons. The van der Waals surface area contributed by atoms with Crippen LogP contribution in [0.1, 0.15) is 42.1 Å². The van der Waals surface area contributed by atoms with Gasteiger partial charge in [-0.25, -0.2) is 0 Å². The SMILES string of the molecule is CCN(CC(=O)NC(C)C)C(=O)CN1CCc2sccc2[C@H]1c1cccs1. The fourth-order valence-electron chi connectivity index (χ4n) is 3.51. The second-order valence-electron chi connectivity index (χ2n) is 7.07. The van der Waals surface area contributed by atoms with Crippen LogP contribution in [-0.2, 0) is 16.0 Å². The maximum Gasteiger partial charge on any atom is 0.239 e. The van der Waals surface area contributed by atoms with E-state index in [1.807, 2.05) is 20.8 Å². The lowest BCUT2D eigenvalue weighted by Gasteiger charge is -2.36. The van der Waals surface area contributed by atoms with Crippen molar-refractivity contribution in [3.8, 4) is 0 Å². The molecule has 0 saturated carbocycles. The molecule has 2 aromatic rings. The van der Waals surface area contributed by atoms with Crippen LogP contribution in [-0.4, -0.2) is 53.8 Å². The number of fused-ring (bicyclic) bond motifs is 1. The quantitative estimate of drug-likeness (QED) is 0.770. The lowest BCUT2D eigenvalue weighted by atomic mass is 9.98. The normalized spacial score (nSPS) is 17.0. The first-order valence-corrected chi connectivity index (χ1v) is 11.2. The Hall–Kier alpha value is -1.70. The molecular formula is C20H27N3O2S2. The minimum atomic E-state index is -0.103. The molecule has 1 aliphatic rings. The van der Waals surface area contributed by atoms with Gasteiger partial charge in [0, 0.05) is 28.9 Å². The zero-order valence-electron chi connectivity index (χ0n) is 16.1. The molecule has 0 aromatic carbocycles. The molecule has 3 heterocycles. The van der Waals surface area contributed by atoms with E-state index in [0.29, 0.717) is 13.1 Å². The van der Waals surface area contributed by atoms with Crippen LogP contribution >= 0.6 is 22.7 Å². The second-order valence-corrected chi connectivity index (χ2v) is 9.05. The number of nitrogens with one attached hydrogen (secondary N) is 1. The van der Waals surface area contributed by atoms with Gasteiger partial charge in [-0.3, -0.25) is 14.5 Å². The molecule has 0 unspecified atom stereocenters. The van der Waals surface area contributed by atoms with E-state index in [2.05, 4.69) is 39.2 Å². The van der Waals surface area contributed by atoms with Gasteiger partial charge < -0.3 is 10.2 Å². The second kappa shape index (κ2) is 8.99. The highest BCUT2D eigenvalue weighted by atomic mass is 32.1. The highest BCUT2D eigenvalue weighted by molar-refractivity contribution is 7.10. The Kier molecular flexibility index (Phi) is 6.68. The highest BCUT2D eigenvalue weighted by Gasteiger charge is 2.32.